The Morgan fingerprint density at radius 3 is 2.96 bits per heavy atom. The smallest absolute Gasteiger partial charge is 0.193 e. The van der Waals surface area contributed by atoms with Crippen LogP contribution in [0.5, 0.6) is 0 Å². The molecule has 0 aliphatic carbocycles. The van der Waals surface area contributed by atoms with E-state index >= 15 is 0 Å². The van der Waals surface area contributed by atoms with Gasteiger partial charge in [-0.2, -0.15) is 0 Å². The highest BCUT2D eigenvalue weighted by atomic mass is 127. The first-order valence-electron chi connectivity index (χ1n) is 9.75. The molecule has 1 atom stereocenters. The lowest BCUT2D eigenvalue weighted by molar-refractivity contribution is 0.232. The fourth-order valence-corrected chi connectivity index (χ4v) is 3.71. The van der Waals surface area contributed by atoms with E-state index in [1.807, 2.05) is 28.8 Å². The number of hydrogen-bond donors (Lipinski definition) is 1. The zero-order chi connectivity index (χ0) is 18.4. The molecular weight excluding hydrogens is 453 g/mol. The average Bonchev–Trinajstić information content (AvgIpc) is 3.27. The van der Waals surface area contributed by atoms with Gasteiger partial charge in [0.2, 0.25) is 0 Å². The fourth-order valence-electron chi connectivity index (χ4n) is 3.71. The first-order chi connectivity index (χ1) is 12.7. The van der Waals surface area contributed by atoms with Gasteiger partial charge in [0.25, 0.3) is 0 Å². The van der Waals surface area contributed by atoms with E-state index in [1.54, 1.807) is 0 Å². The van der Waals surface area contributed by atoms with Gasteiger partial charge in [-0.25, -0.2) is 0 Å². The van der Waals surface area contributed by atoms with Crippen LogP contribution < -0.4 is 5.32 Å². The van der Waals surface area contributed by atoms with Crippen LogP contribution in [0.25, 0.3) is 5.65 Å². The lowest BCUT2D eigenvalue weighted by atomic mass is 10.2. The Kier molecular flexibility index (Phi) is 8.75. The summed E-state index contributed by atoms with van der Waals surface area (Å²) < 4.78 is 2.03. The molecule has 1 saturated heterocycles. The van der Waals surface area contributed by atoms with E-state index in [9.17, 15) is 0 Å². The number of nitrogens with zero attached hydrogens (tertiary/aromatic N) is 6. The third-order valence-corrected chi connectivity index (χ3v) is 5.07. The normalized spacial score (nSPS) is 17.9. The zero-order valence-electron chi connectivity index (χ0n) is 16.6. The molecule has 150 valence electrons. The maximum atomic E-state index is 4.82. The van der Waals surface area contributed by atoms with Crippen molar-refractivity contribution in [2.45, 2.75) is 39.2 Å². The van der Waals surface area contributed by atoms with E-state index in [0.29, 0.717) is 12.6 Å². The summed E-state index contributed by atoms with van der Waals surface area (Å²) in [5.41, 5.74) is 0.886. The Morgan fingerprint density at radius 2 is 2.19 bits per heavy atom. The quantitative estimate of drug-likeness (QED) is 0.371. The maximum absolute atomic E-state index is 4.82. The van der Waals surface area contributed by atoms with Crippen LogP contribution in [0.4, 0.5) is 0 Å². The highest BCUT2D eigenvalue weighted by molar-refractivity contribution is 14.0. The second-order valence-electron chi connectivity index (χ2n) is 6.84. The number of halogens is 1. The van der Waals surface area contributed by atoms with Crippen LogP contribution in [-0.4, -0.2) is 76.2 Å². The van der Waals surface area contributed by atoms with E-state index in [2.05, 4.69) is 46.2 Å². The van der Waals surface area contributed by atoms with Crippen LogP contribution in [0, 0.1) is 0 Å². The van der Waals surface area contributed by atoms with Crippen LogP contribution in [-0.2, 0) is 6.42 Å². The molecule has 1 fully saturated rings. The standard InChI is InChI=1S/C19H31N7.HI/c1-4-20-19(24(3)15-16-9-8-13-25(16)5-2)21-12-11-18-23-22-17-10-6-7-14-26(17)18;/h6-7,10,14,16H,4-5,8-9,11-13,15H2,1-3H3,(H,20,21);1H. The molecule has 27 heavy (non-hydrogen) atoms. The number of hydrogen-bond acceptors (Lipinski definition) is 4. The van der Waals surface area contributed by atoms with Crippen LogP contribution in [0.2, 0.25) is 0 Å². The molecule has 2 aromatic rings. The van der Waals surface area contributed by atoms with Gasteiger partial charge in [-0.05, 0) is 45.0 Å². The molecular formula is C19H32IN7. The highest BCUT2D eigenvalue weighted by Gasteiger charge is 2.24. The molecule has 0 bridgehead atoms. The summed E-state index contributed by atoms with van der Waals surface area (Å²) in [5.74, 6) is 1.93. The monoisotopic (exact) mass is 485 g/mol. The lowest BCUT2D eigenvalue weighted by Gasteiger charge is -2.29. The second kappa shape index (κ2) is 10.8. The van der Waals surface area contributed by atoms with Gasteiger partial charge in [0, 0.05) is 45.3 Å². The van der Waals surface area contributed by atoms with Crippen LogP contribution in [0.1, 0.15) is 32.5 Å². The van der Waals surface area contributed by atoms with Gasteiger partial charge in [-0.1, -0.05) is 13.0 Å². The van der Waals surface area contributed by atoms with E-state index in [4.69, 9.17) is 4.99 Å². The third kappa shape index (κ3) is 5.54. The molecule has 0 aromatic carbocycles. The summed E-state index contributed by atoms with van der Waals surface area (Å²) in [7, 11) is 2.14. The molecule has 0 spiro atoms. The van der Waals surface area contributed by atoms with Crippen molar-refractivity contribution in [2.24, 2.45) is 4.99 Å². The maximum Gasteiger partial charge on any atom is 0.193 e. The summed E-state index contributed by atoms with van der Waals surface area (Å²) in [6.45, 7) is 9.32. The first kappa shape index (κ1) is 21.9. The largest absolute Gasteiger partial charge is 0.357 e. The molecule has 7 nitrogen and oxygen atoms in total. The number of likely N-dealkylation sites (tertiary alicyclic amines) is 1. The van der Waals surface area contributed by atoms with Gasteiger partial charge in [0.1, 0.15) is 5.82 Å². The number of aromatic nitrogens is 3. The van der Waals surface area contributed by atoms with Crippen molar-refractivity contribution >= 4 is 35.6 Å². The van der Waals surface area contributed by atoms with Gasteiger partial charge >= 0.3 is 0 Å². The Bertz CT molecular complexity index is 730. The number of fused-ring (bicyclic) bond motifs is 1. The van der Waals surface area contributed by atoms with Gasteiger partial charge in [-0.15, -0.1) is 34.2 Å². The molecule has 1 aliphatic heterocycles. The van der Waals surface area contributed by atoms with Crippen LogP contribution >= 0.6 is 24.0 Å². The predicted molar refractivity (Wildman–Crippen MR) is 121 cm³/mol. The number of pyridine rings is 1. The van der Waals surface area contributed by atoms with Gasteiger partial charge in [0.05, 0.1) is 0 Å². The van der Waals surface area contributed by atoms with Crippen molar-refractivity contribution < 1.29 is 0 Å². The van der Waals surface area contributed by atoms with Crippen molar-refractivity contribution in [3.05, 3.63) is 30.2 Å². The molecule has 0 radical (unpaired) electrons. The molecule has 0 saturated carbocycles. The van der Waals surface area contributed by atoms with Gasteiger partial charge in [0.15, 0.2) is 11.6 Å². The number of likely N-dealkylation sites (N-methyl/N-ethyl adjacent to an activating group) is 2. The summed E-state index contributed by atoms with van der Waals surface area (Å²) in [6.07, 6.45) is 5.37. The average molecular weight is 485 g/mol. The van der Waals surface area contributed by atoms with Crippen molar-refractivity contribution in [3.8, 4) is 0 Å². The molecule has 1 N–H and O–H groups in total. The Labute approximate surface area is 179 Å². The van der Waals surface area contributed by atoms with Crippen molar-refractivity contribution in [3.63, 3.8) is 0 Å². The number of aliphatic imine (C=N–C) groups is 1. The van der Waals surface area contributed by atoms with E-state index in [1.165, 1.54) is 19.4 Å². The van der Waals surface area contributed by atoms with Crippen molar-refractivity contribution in [1.29, 1.82) is 0 Å². The summed E-state index contributed by atoms with van der Waals surface area (Å²) >= 11 is 0. The number of guanidine groups is 1. The van der Waals surface area contributed by atoms with Crippen molar-refractivity contribution in [1.82, 2.24) is 29.7 Å². The zero-order valence-corrected chi connectivity index (χ0v) is 19.0. The van der Waals surface area contributed by atoms with E-state index in [-0.39, 0.29) is 24.0 Å². The first-order valence-corrected chi connectivity index (χ1v) is 9.75. The van der Waals surface area contributed by atoms with E-state index < -0.39 is 0 Å². The molecule has 1 unspecified atom stereocenters. The second-order valence-corrected chi connectivity index (χ2v) is 6.84. The molecule has 2 aromatic heterocycles. The fraction of sp³-hybridized carbons (Fsp3) is 0.632. The third-order valence-electron chi connectivity index (χ3n) is 5.07. The van der Waals surface area contributed by atoms with Gasteiger partial charge < -0.3 is 10.2 Å². The Hall–Kier alpha value is -1.42. The van der Waals surface area contributed by atoms with Crippen molar-refractivity contribution in [2.75, 3.05) is 39.8 Å². The molecule has 3 rings (SSSR count). The van der Waals surface area contributed by atoms with Crippen LogP contribution in [0.15, 0.2) is 29.4 Å². The summed E-state index contributed by atoms with van der Waals surface area (Å²) in [5, 5.41) is 11.9. The number of rotatable bonds is 7. The summed E-state index contributed by atoms with van der Waals surface area (Å²) in [6, 6.07) is 6.59. The predicted octanol–water partition coefficient (Wildman–Crippen LogP) is 2.27. The highest BCUT2D eigenvalue weighted by Crippen LogP contribution is 2.17. The minimum absolute atomic E-state index is 0. The minimum atomic E-state index is 0. The minimum Gasteiger partial charge on any atom is -0.357 e. The Morgan fingerprint density at radius 1 is 1.33 bits per heavy atom. The topological polar surface area (TPSA) is 61.1 Å². The molecule has 3 heterocycles. The Balaban J connectivity index is 0.00000261. The van der Waals surface area contributed by atoms with Crippen LogP contribution in [0.3, 0.4) is 0 Å². The SMILES string of the molecule is CCNC(=NCCc1nnc2ccccn12)N(C)CC1CCCN1CC.I. The molecule has 0 amide bonds. The lowest BCUT2D eigenvalue weighted by Crippen LogP contribution is -2.46. The number of nitrogens with one attached hydrogen (secondary N) is 1. The molecule has 1 aliphatic rings. The van der Waals surface area contributed by atoms with Gasteiger partial charge in [-0.3, -0.25) is 14.3 Å². The molecule has 8 heteroatoms. The van der Waals surface area contributed by atoms with E-state index in [0.717, 1.165) is 43.5 Å². The summed E-state index contributed by atoms with van der Waals surface area (Å²) in [4.78, 5) is 9.66.